The maximum atomic E-state index is 13.3. The number of nitrogens with zero attached hydrogens (tertiary/aromatic N) is 1. The van der Waals surface area contributed by atoms with Gasteiger partial charge in [-0.3, -0.25) is 4.79 Å². The standard InChI is InChI=1S/C21H21ClN2O2/c1-26-19-10-9-18(13-15(19)14-23)24-20(25)21(11-3-2-4-12-21)16-5-7-17(22)8-6-16/h5-10,13H,2-4,11-12H2,1H3,(H,24,25). The van der Waals surface area contributed by atoms with Gasteiger partial charge in [-0.1, -0.05) is 43.0 Å². The Morgan fingerprint density at radius 1 is 1.15 bits per heavy atom. The summed E-state index contributed by atoms with van der Waals surface area (Å²) in [5.41, 5.74) is 1.43. The highest BCUT2D eigenvalue weighted by Crippen LogP contribution is 2.41. The quantitative estimate of drug-likeness (QED) is 0.820. The van der Waals surface area contributed by atoms with Crippen molar-refractivity contribution in [3.05, 3.63) is 58.6 Å². The average molecular weight is 369 g/mol. The van der Waals surface area contributed by atoms with Gasteiger partial charge in [-0.05, 0) is 48.7 Å². The summed E-state index contributed by atoms with van der Waals surface area (Å²) in [5.74, 6) is 0.462. The first-order chi connectivity index (χ1) is 12.6. The van der Waals surface area contributed by atoms with Gasteiger partial charge in [-0.2, -0.15) is 5.26 Å². The SMILES string of the molecule is COc1ccc(NC(=O)C2(c3ccc(Cl)cc3)CCCCC2)cc1C#N. The minimum atomic E-state index is -0.560. The normalized spacial score (nSPS) is 15.7. The summed E-state index contributed by atoms with van der Waals surface area (Å²) in [4.78, 5) is 13.3. The van der Waals surface area contributed by atoms with Crippen LogP contribution in [0.25, 0.3) is 0 Å². The van der Waals surface area contributed by atoms with Gasteiger partial charge in [-0.15, -0.1) is 0 Å². The van der Waals surface area contributed by atoms with Crippen molar-refractivity contribution in [3.8, 4) is 11.8 Å². The molecule has 2 aromatic carbocycles. The Labute approximate surface area is 158 Å². The number of hydrogen-bond acceptors (Lipinski definition) is 3. The molecule has 2 aromatic rings. The number of carbonyl (C=O) groups excluding carboxylic acids is 1. The second kappa shape index (κ2) is 7.80. The van der Waals surface area contributed by atoms with Crippen molar-refractivity contribution in [3.63, 3.8) is 0 Å². The Balaban J connectivity index is 1.92. The van der Waals surface area contributed by atoms with Gasteiger partial charge >= 0.3 is 0 Å². The third kappa shape index (κ3) is 3.54. The van der Waals surface area contributed by atoms with E-state index in [2.05, 4.69) is 11.4 Å². The highest BCUT2D eigenvalue weighted by Gasteiger charge is 2.41. The first-order valence-electron chi connectivity index (χ1n) is 8.75. The second-order valence-electron chi connectivity index (χ2n) is 6.63. The zero-order chi connectivity index (χ0) is 18.6. The number of nitrogens with one attached hydrogen (secondary N) is 1. The van der Waals surface area contributed by atoms with E-state index in [1.54, 1.807) is 18.2 Å². The molecule has 1 aliphatic carbocycles. The molecule has 26 heavy (non-hydrogen) atoms. The molecule has 1 aliphatic rings. The summed E-state index contributed by atoms with van der Waals surface area (Å²) in [6.45, 7) is 0. The van der Waals surface area contributed by atoms with Crippen LogP contribution in [0.5, 0.6) is 5.75 Å². The molecule has 1 N–H and O–H groups in total. The molecule has 0 bridgehead atoms. The van der Waals surface area contributed by atoms with Crippen LogP contribution < -0.4 is 10.1 Å². The van der Waals surface area contributed by atoms with Crippen LogP contribution in [0, 0.1) is 11.3 Å². The van der Waals surface area contributed by atoms with E-state index in [9.17, 15) is 10.1 Å². The number of rotatable bonds is 4. The van der Waals surface area contributed by atoms with Crippen LogP contribution in [0.2, 0.25) is 5.02 Å². The Morgan fingerprint density at radius 3 is 2.46 bits per heavy atom. The highest BCUT2D eigenvalue weighted by molar-refractivity contribution is 6.30. The van der Waals surface area contributed by atoms with Crippen LogP contribution in [0.4, 0.5) is 5.69 Å². The van der Waals surface area contributed by atoms with E-state index in [4.69, 9.17) is 16.3 Å². The Morgan fingerprint density at radius 2 is 1.85 bits per heavy atom. The molecule has 0 saturated heterocycles. The number of nitriles is 1. The molecule has 1 amide bonds. The molecule has 5 heteroatoms. The lowest BCUT2D eigenvalue weighted by atomic mass is 9.68. The summed E-state index contributed by atoms with van der Waals surface area (Å²) in [7, 11) is 1.52. The number of hydrogen-bond donors (Lipinski definition) is 1. The van der Waals surface area contributed by atoms with Gasteiger partial charge in [0.05, 0.1) is 18.1 Å². The fraction of sp³-hybridized carbons (Fsp3) is 0.333. The van der Waals surface area contributed by atoms with E-state index in [1.165, 1.54) is 7.11 Å². The number of anilines is 1. The zero-order valence-corrected chi connectivity index (χ0v) is 15.5. The van der Waals surface area contributed by atoms with Gasteiger partial charge in [0.25, 0.3) is 0 Å². The lowest BCUT2D eigenvalue weighted by Crippen LogP contribution is -2.42. The fourth-order valence-electron chi connectivity index (χ4n) is 3.69. The van der Waals surface area contributed by atoms with Crippen molar-refractivity contribution in [1.29, 1.82) is 5.26 Å². The van der Waals surface area contributed by atoms with Crippen molar-refractivity contribution in [2.75, 3.05) is 12.4 Å². The summed E-state index contributed by atoms with van der Waals surface area (Å²) in [6, 6.07) is 14.8. The number of halogens is 1. The molecule has 0 aromatic heterocycles. The van der Waals surface area contributed by atoms with Crippen LogP contribution in [0.15, 0.2) is 42.5 Å². The van der Waals surface area contributed by atoms with E-state index in [-0.39, 0.29) is 5.91 Å². The summed E-state index contributed by atoms with van der Waals surface area (Å²) >= 11 is 6.02. The lowest BCUT2D eigenvalue weighted by molar-refractivity contribution is -0.122. The van der Waals surface area contributed by atoms with E-state index in [0.717, 1.165) is 37.7 Å². The molecule has 3 rings (SSSR count). The monoisotopic (exact) mass is 368 g/mol. The van der Waals surface area contributed by atoms with Gasteiger partial charge in [0.1, 0.15) is 11.8 Å². The Bertz CT molecular complexity index is 834. The molecule has 0 aliphatic heterocycles. The minimum absolute atomic E-state index is 0.0337. The Kier molecular flexibility index (Phi) is 5.49. The topological polar surface area (TPSA) is 62.1 Å². The van der Waals surface area contributed by atoms with Gasteiger partial charge in [0, 0.05) is 10.7 Å². The van der Waals surface area contributed by atoms with Gasteiger partial charge in [-0.25, -0.2) is 0 Å². The predicted octanol–water partition coefficient (Wildman–Crippen LogP) is 5.06. The van der Waals surface area contributed by atoms with Crippen molar-refractivity contribution < 1.29 is 9.53 Å². The van der Waals surface area contributed by atoms with Crippen LogP contribution in [-0.4, -0.2) is 13.0 Å². The Hall–Kier alpha value is -2.51. The molecule has 1 saturated carbocycles. The fourth-order valence-corrected chi connectivity index (χ4v) is 3.82. The number of methoxy groups -OCH3 is 1. The van der Waals surface area contributed by atoms with Gasteiger partial charge in [0.2, 0.25) is 5.91 Å². The maximum absolute atomic E-state index is 13.3. The zero-order valence-electron chi connectivity index (χ0n) is 14.7. The molecule has 0 atom stereocenters. The van der Waals surface area contributed by atoms with Crippen molar-refractivity contribution >= 4 is 23.2 Å². The highest BCUT2D eigenvalue weighted by atomic mass is 35.5. The summed E-state index contributed by atoms with van der Waals surface area (Å²) in [6.07, 6.45) is 4.79. The largest absolute Gasteiger partial charge is 0.495 e. The predicted molar refractivity (Wildman–Crippen MR) is 103 cm³/mol. The third-order valence-electron chi connectivity index (χ3n) is 5.12. The minimum Gasteiger partial charge on any atom is -0.495 e. The van der Waals surface area contributed by atoms with E-state index < -0.39 is 5.41 Å². The molecule has 0 unspecified atom stereocenters. The van der Waals surface area contributed by atoms with Crippen LogP contribution >= 0.6 is 11.6 Å². The van der Waals surface area contributed by atoms with Crippen molar-refractivity contribution in [2.45, 2.75) is 37.5 Å². The van der Waals surface area contributed by atoms with Gasteiger partial charge in [0.15, 0.2) is 0 Å². The molecular weight excluding hydrogens is 348 g/mol. The van der Waals surface area contributed by atoms with E-state index in [0.29, 0.717) is 22.0 Å². The maximum Gasteiger partial charge on any atom is 0.235 e. The summed E-state index contributed by atoms with van der Waals surface area (Å²) in [5, 5.41) is 12.9. The molecule has 1 fully saturated rings. The van der Waals surface area contributed by atoms with Crippen molar-refractivity contribution in [1.82, 2.24) is 0 Å². The number of carbonyl (C=O) groups is 1. The third-order valence-corrected chi connectivity index (χ3v) is 5.37. The van der Waals surface area contributed by atoms with Crippen LogP contribution in [0.3, 0.4) is 0 Å². The van der Waals surface area contributed by atoms with Gasteiger partial charge < -0.3 is 10.1 Å². The molecule has 0 spiro atoms. The molecule has 4 nitrogen and oxygen atoms in total. The molecular formula is C21H21ClN2O2. The molecule has 0 heterocycles. The first-order valence-corrected chi connectivity index (χ1v) is 9.12. The number of benzene rings is 2. The smallest absolute Gasteiger partial charge is 0.235 e. The second-order valence-corrected chi connectivity index (χ2v) is 7.07. The van der Waals surface area contributed by atoms with Crippen LogP contribution in [-0.2, 0) is 10.2 Å². The first kappa shape index (κ1) is 18.3. The van der Waals surface area contributed by atoms with Crippen molar-refractivity contribution in [2.24, 2.45) is 0 Å². The molecule has 134 valence electrons. The van der Waals surface area contributed by atoms with E-state index >= 15 is 0 Å². The average Bonchev–Trinajstić information content (AvgIpc) is 2.68. The van der Waals surface area contributed by atoms with Crippen LogP contribution in [0.1, 0.15) is 43.2 Å². The summed E-state index contributed by atoms with van der Waals surface area (Å²) < 4.78 is 5.17. The van der Waals surface area contributed by atoms with E-state index in [1.807, 2.05) is 24.3 Å². The number of ether oxygens (including phenoxy) is 1. The number of amides is 1. The molecule has 0 radical (unpaired) electrons. The lowest BCUT2D eigenvalue weighted by Gasteiger charge is -2.36.